The number of nitrogens with zero attached hydrogens (tertiary/aromatic N) is 1. The lowest BCUT2D eigenvalue weighted by atomic mass is 10.0. The Morgan fingerprint density at radius 2 is 1.69 bits per heavy atom. The number of hydrogen-bond donors (Lipinski definition) is 2. The maximum absolute atomic E-state index is 12.7. The molecule has 2 aromatic rings. The zero-order valence-electron chi connectivity index (χ0n) is 16.5. The standard InChI is InChI=1S/C22H22N2O5/c1-4-5-8-24-20(26)15-7-6-14(10-17(15)21(24)27)19(25)23-18-11-16(22(28)29)12(2)9-13(18)3/h6-7,9-11H,4-5,8H2,1-3H3,(H,23,25)(H,28,29). The lowest BCUT2D eigenvalue weighted by Gasteiger charge is -2.12. The molecular formula is C22H22N2O5. The predicted octanol–water partition coefficient (Wildman–Crippen LogP) is 3.65. The molecule has 2 N–H and O–H groups in total. The molecule has 0 bridgehead atoms. The SMILES string of the molecule is CCCCN1C(=O)c2ccc(C(=O)Nc3cc(C(=O)O)c(C)cc3C)cc2C1=O. The van der Waals surface area contributed by atoms with Crippen LogP contribution >= 0.6 is 0 Å². The van der Waals surface area contributed by atoms with Gasteiger partial charge >= 0.3 is 5.97 Å². The number of anilines is 1. The smallest absolute Gasteiger partial charge is 0.336 e. The maximum Gasteiger partial charge on any atom is 0.336 e. The van der Waals surface area contributed by atoms with Crippen LogP contribution in [-0.4, -0.2) is 40.2 Å². The van der Waals surface area contributed by atoms with Crippen molar-refractivity contribution >= 4 is 29.4 Å². The van der Waals surface area contributed by atoms with Gasteiger partial charge in [-0.15, -0.1) is 0 Å². The van der Waals surface area contributed by atoms with Gasteiger partial charge in [-0.25, -0.2) is 4.79 Å². The van der Waals surface area contributed by atoms with Crippen LogP contribution in [0.4, 0.5) is 5.69 Å². The Balaban J connectivity index is 1.87. The number of carboxylic acid groups (broad SMARTS) is 1. The Hall–Kier alpha value is -3.48. The van der Waals surface area contributed by atoms with Gasteiger partial charge < -0.3 is 10.4 Å². The fourth-order valence-electron chi connectivity index (χ4n) is 3.36. The van der Waals surface area contributed by atoms with Gasteiger partial charge in [-0.3, -0.25) is 19.3 Å². The molecule has 150 valence electrons. The first-order valence-electron chi connectivity index (χ1n) is 9.40. The molecule has 3 amide bonds. The summed E-state index contributed by atoms with van der Waals surface area (Å²) in [5.41, 5.74) is 2.53. The number of rotatable bonds is 6. The minimum atomic E-state index is -1.08. The highest BCUT2D eigenvalue weighted by Crippen LogP contribution is 2.26. The van der Waals surface area contributed by atoms with Gasteiger partial charge in [-0.1, -0.05) is 19.4 Å². The lowest BCUT2D eigenvalue weighted by Crippen LogP contribution is -2.30. The first-order chi connectivity index (χ1) is 13.7. The third-order valence-electron chi connectivity index (χ3n) is 5.02. The van der Waals surface area contributed by atoms with Crippen molar-refractivity contribution in [3.8, 4) is 0 Å². The summed E-state index contributed by atoms with van der Waals surface area (Å²) in [5, 5.41) is 12.0. The summed E-state index contributed by atoms with van der Waals surface area (Å²) in [6.07, 6.45) is 1.58. The van der Waals surface area contributed by atoms with Crippen LogP contribution in [-0.2, 0) is 0 Å². The van der Waals surface area contributed by atoms with E-state index in [1.807, 2.05) is 6.92 Å². The second kappa shape index (κ2) is 7.87. The molecule has 0 aliphatic carbocycles. The van der Waals surface area contributed by atoms with E-state index >= 15 is 0 Å². The molecule has 1 aliphatic rings. The summed E-state index contributed by atoms with van der Waals surface area (Å²) in [7, 11) is 0. The van der Waals surface area contributed by atoms with Gasteiger partial charge in [-0.05, 0) is 55.7 Å². The van der Waals surface area contributed by atoms with Crippen LogP contribution in [0.1, 0.15) is 72.3 Å². The number of nitrogens with one attached hydrogen (secondary N) is 1. The largest absolute Gasteiger partial charge is 0.478 e. The molecule has 0 atom stereocenters. The first kappa shape index (κ1) is 20.3. The number of hydrogen-bond acceptors (Lipinski definition) is 4. The van der Waals surface area contributed by atoms with Crippen molar-refractivity contribution in [1.82, 2.24) is 4.90 Å². The fourth-order valence-corrected chi connectivity index (χ4v) is 3.36. The molecule has 2 aromatic carbocycles. The minimum Gasteiger partial charge on any atom is -0.478 e. The summed E-state index contributed by atoms with van der Waals surface area (Å²) < 4.78 is 0. The van der Waals surface area contributed by atoms with E-state index in [0.717, 1.165) is 18.4 Å². The molecule has 0 fully saturated rings. The number of benzene rings is 2. The van der Waals surface area contributed by atoms with E-state index in [1.165, 1.54) is 29.2 Å². The quantitative estimate of drug-likeness (QED) is 0.728. The molecule has 0 saturated carbocycles. The Kier molecular flexibility index (Phi) is 5.50. The van der Waals surface area contributed by atoms with Crippen molar-refractivity contribution in [2.24, 2.45) is 0 Å². The maximum atomic E-state index is 12.7. The topological polar surface area (TPSA) is 104 Å². The first-order valence-corrected chi connectivity index (χ1v) is 9.40. The van der Waals surface area contributed by atoms with Gasteiger partial charge in [0.15, 0.2) is 0 Å². The Morgan fingerprint density at radius 1 is 1.00 bits per heavy atom. The van der Waals surface area contributed by atoms with E-state index in [0.29, 0.717) is 23.4 Å². The summed E-state index contributed by atoms with van der Waals surface area (Å²) in [6.45, 7) is 5.79. The van der Waals surface area contributed by atoms with Gasteiger partial charge in [0.25, 0.3) is 17.7 Å². The van der Waals surface area contributed by atoms with Crippen LogP contribution in [0.25, 0.3) is 0 Å². The van der Waals surface area contributed by atoms with Gasteiger partial charge in [0.05, 0.1) is 16.7 Å². The highest BCUT2D eigenvalue weighted by Gasteiger charge is 2.35. The molecule has 0 aromatic heterocycles. The third kappa shape index (κ3) is 3.76. The van der Waals surface area contributed by atoms with E-state index in [-0.39, 0.29) is 22.6 Å². The number of imide groups is 1. The van der Waals surface area contributed by atoms with Crippen LogP contribution in [0, 0.1) is 13.8 Å². The molecule has 0 unspecified atom stereocenters. The van der Waals surface area contributed by atoms with Crippen LogP contribution in [0.5, 0.6) is 0 Å². The third-order valence-corrected chi connectivity index (χ3v) is 5.02. The second-order valence-electron chi connectivity index (χ2n) is 7.12. The van der Waals surface area contributed by atoms with Crippen LogP contribution < -0.4 is 5.32 Å². The minimum absolute atomic E-state index is 0.104. The van der Waals surface area contributed by atoms with Crippen molar-refractivity contribution in [2.75, 3.05) is 11.9 Å². The number of carboxylic acids is 1. The van der Waals surface area contributed by atoms with Crippen LogP contribution in [0.3, 0.4) is 0 Å². The van der Waals surface area contributed by atoms with Gasteiger partial charge in [0.1, 0.15) is 0 Å². The van der Waals surface area contributed by atoms with E-state index in [4.69, 9.17) is 0 Å². The van der Waals surface area contributed by atoms with Crippen LogP contribution in [0.15, 0.2) is 30.3 Å². The van der Waals surface area contributed by atoms with E-state index in [9.17, 15) is 24.3 Å². The number of aryl methyl sites for hydroxylation is 2. The molecule has 7 nitrogen and oxygen atoms in total. The molecule has 1 heterocycles. The van der Waals surface area contributed by atoms with Crippen LogP contribution in [0.2, 0.25) is 0 Å². The van der Waals surface area contributed by atoms with Crippen molar-refractivity contribution in [1.29, 1.82) is 0 Å². The number of amides is 3. The Labute approximate surface area is 168 Å². The molecule has 29 heavy (non-hydrogen) atoms. The number of fused-ring (bicyclic) bond motifs is 1. The summed E-state index contributed by atoms with van der Waals surface area (Å²) >= 11 is 0. The Bertz CT molecular complexity index is 1040. The fraction of sp³-hybridized carbons (Fsp3) is 0.273. The van der Waals surface area contributed by atoms with E-state index < -0.39 is 17.8 Å². The van der Waals surface area contributed by atoms with Gasteiger partial charge in [0, 0.05) is 17.8 Å². The molecule has 0 radical (unpaired) electrons. The molecule has 0 spiro atoms. The average Bonchev–Trinajstić information content (AvgIpc) is 2.91. The van der Waals surface area contributed by atoms with Crippen molar-refractivity contribution in [3.05, 3.63) is 63.7 Å². The summed E-state index contributed by atoms with van der Waals surface area (Å²) in [4.78, 5) is 50.2. The average molecular weight is 394 g/mol. The highest BCUT2D eigenvalue weighted by molar-refractivity contribution is 6.22. The molecule has 0 saturated heterocycles. The van der Waals surface area contributed by atoms with Crippen molar-refractivity contribution in [3.63, 3.8) is 0 Å². The summed E-state index contributed by atoms with van der Waals surface area (Å²) in [6, 6.07) is 7.50. The van der Waals surface area contributed by atoms with Crippen molar-refractivity contribution < 1.29 is 24.3 Å². The zero-order chi connectivity index (χ0) is 21.3. The second-order valence-corrected chi connectivity index (χ2v) is 7.12. The molecule has 3 rings (SSSR count). The van der Waals surface area contributed by atoms with Gasteiger partial charge in [0.2, 0.25) is 0 Å². The van der Waals surface area contributed by atoms with E-state index in [1.54, 1.807) is 19.9 Å². The van der Waals surface area contributed by atoms with E-state index in [2.05, 4.69) is 5.32 Å². The highest BCUT2D eigenvalue weighted by atomic mass is 16.4. The molecule has 1 aliphatic heterocycles. The predicted molar refractivity (Wildman–Crippen MR) is 108 cm³/mol. The zero-order valence-corrected chi connectivity index (χ0v) is 16.5. The number of unbranched alkanes of at least 4 members (excludes halogenated alkanes) is 1. The molecular weight excluding hydrogens is 372 g/mol. The monoisotopic (exact) mass is 394 g/mol. The van der Waals surface area contributed by atoms with Gasteiger partial charge in [-0.2, -0.15) is 0 Å². The number of carbonyl (C=O) groups excluding carboxylic acids is 3. The Morgan fingerprint density at radius 3 is 2.34 bits per heavy atom. The number of carbonyl (C=O) groups is 4. The van der Waals surface area contributed by atoms with Crippen molar-refractivity contribution in [2.45, 2.75) is 33.6 Å². The lowest BCUT2D eigenvalue weighted by molar-refractivity contribution is 0.0648. The summed E-state index contributed by atoms with van der Waals surface area (Å²) in [5.74, 6) is -2.30. The normalized spacial score (nSPS) is 12.9. The number of aromatic carboxylic acids is 1. The molecule has 7 heteroatoms.